The molecule has 3 heterocycles. The van der Waals surface area contributed by atoms with Gasteiger partial charge in [0.2, 0.25) is 0 Å². The molecule has 23 heavy (non-hydrogen) atoms. The fraction of sp³-hybridized carbons (Fsp3) is 0.0588. The molecular weight excluding hydrogens is 310 g/mol. The summed E-state index contributed by atoms with van der Waals surface area (Å²) in [7, 11) is 1.63. The van der Waals surface area contributed by atoms with E-state index in [9.17, 15) is 4.79 Å². The van der Waals surface area contributed by atoms with Crippen molar-refractivity contribution in [1.29, 1.82) is 0 Å². The van der Waals surface area contributed by atoms with Crippen LogP contribution in [0.4, 0.5) is 0 Å². The van der Waals surface area contributed by atoms with Crippen LogP contribution in [0.25, 0.3) is 27.9 Å². The molecule has 0 spiro atoms. The molecule has 1 N–H and O–H groups in total. The second kappa shape index (κ2) is 5.40. The molecule has 0 saturated heterocycles. The Balaban J connectivity index is 1.91. The van der Waals surface area contributed by atoms with Crippen LogP contribution in [0.15, 0.2) is 58.3 Å². The first-order chi connectivity index (χ1) is 11.3. The summed E-state index contributed by atoms with van der Waals surface area (Å²) >= 11 is 1.55. The summed E-state index contributed by atoms with van der Waals surface area (Å²) in [5, 5.41) is 6.88. The van der Waals surface area contributed by atoms with E-state index in [1.165, 1.54) is 4.52 Å². The molecule has 5 nitrogen and oxygen atoms in total. The molecule has 0 fully saturated rings. The van der Waals surface area contributed by atoms with Gasteiger partial charge in [-0.3, -0.25) is 9.89 Å². The average molecular weight is 323 g/mol. The summed E-state index contributed by atoms with van der Waals surface area (Å²) in [5.74, 6) is 0.763. The number of aromatic amines is 1. The van der Waals surface area contributed by atoms with Crippen LogP contribution in [0.1, 0.15) is 0 Å². The van der Waals surface area contributed by atoms with Crippen LogP contribution in [0, 0.1) is 0 Å². The minimum atomic E-state index is -0.109. The number of thiophene rings is 1. The third-order valence-electron chi connectivity index (χ3n) is 3.75. The van der Waals surface area contributed by atoms with Gasteiger partial charge in [-0.05, 0) is 40.1 Å². The molecule has 0 amide bonds. The van der Waals surface area contributed by atoms with Crippen molar-refractivity contribution in [2.24, 2.45) is 0 Å². The topological polar surface area (TPSA) is 59.4 Å². The van der Waals surface area contributed by atoms with Crippen molar-refractivity contribution in [2.75, 3.05) is 7.11 Å². The molecule has 4 aromatic rings. The van der Waals surface area contributed by atoms with Crippen LogP contribution in [-0.2, 0) is 0 Å². The quantitative estimate of drug-likeness (QED) is 0.628. The van der Waals surface area contributed by atoms with Crippen LogP contribution in [0.2, 0.25) is 0 Å². The Kier molecular flexibility index (Phi) is 3.24. The summed E-state index contributed by atoms with van der Waals surface area (Å²) in [5.41, 5.74) is 3.77. The van der Waals surface area contributed by atoms with E-state index < -0.39 is 0 Å². The van der Waals surface area contributed by atoms with E-state index in [4.69, 9.17) is 4.74 Å². The van der Waals surface area contributed by atoms with Crippen LogP contribution in [-0.4, -0.2) is 21.7 Å². The number of methoxy groups -OCH3 is 1. The summed E-state index contributed by atoms with van der Waals surface area (Å²) in [6, 6.07) is 9.59. The lowest BCUT2D eigenvalue weighted by molar-refractivity contribution is 0.415. The first-order valence-corrected chi connectivity index (χ1v) is 7.98. The lowest BCUT2D eigenvalue weighted by Crippen LogP contribution is -2.16. The van der Waals surface area contributed by atoms with Gasteiger partial charge in [0.05, 0.1) is 12.7 Å². The van der Waals surface area contributed by atoms with Crippen LogP contribution in [0.3, 0.4) is 0 Å². The molecule has 114 valence electrons. The number of aromatic nitrogens is 3. The van der Waals surface area contributed by atoms with E-state index in [0.29, 0.717) is 11.2 Å². The van der Waals surface area contributed by atoms with E-state index in [2.05, 4.69) is 10.1 Å². The van der Waals surface area contributed by atoms with Crippen molar-refractivity contribution in [1.82, 2.24) is 14.6 Å². The molecule has 1 aromatic carbocycles. The molecule has 6 heteroatoms. The van der Waals surface area contributed by atoms with Crippen molar-refractivity contribution in [3.8, 4) is 28.0 Å². The van der Waals surface area contributed by atoms with E-state index in [0.717, 1.165) is 22.4 Å². The number of H-pyrrole nitrogens is 1. The van der Waals surface area contributed by atoms with Crippen LogP contribution >= 0.6 is 11.3 Å². The van der Waals surface area contributed by atoms with Gasteiger partial charge in [-0.1, -0.05) is 12.1 Å². The van der Waals surface area contributed by atoms with E-state index >= 15 is 0 Å². The lowest BCUT2D eigenvalue weighted by Gasteiger charge is -2.03. The highest BCUT2D eigenvalue weighted by Gasteiger charge is 2.13. The molecule has 0 unspecified atom stereocenters. The Labute approximate surface area is 135 Å². The maximum Gasteiger partial charge on any atom is 0.280 e. The summed E-state index contributed by atoms with van der Waals surface area (Å²) in [6.45, 7) is 0. The lowest BCUT2D eigenvalue weighted by atomic mass is 10.1. The normalized spacial score (nSPS) is 11.0. The van der Waals surface area contributed by atoms with Gasteiger partial charge < -0.3 is 4.74 Å². The third-order valence-corrected chi connectivity index (χ3v) is 4.44. The zero-order chi connectivity index (χ0) is 15.8. The third kappa shape index (κ3) is 2.24. The Hall–Kier alpha value is -2.86. The molecule has 0 radical (unpaired) electrons. The number of fused-ring (bicyclic) bond motifs is 1. The highest BCUT2D eigenvalue weighted by molar-refractivity contribution is 7.08. The number of nitrogens with one attached hydrogen (secondary N) is 1. The van der Waals surface area contributed by atoms with Crippen molar-refractivity contribution in [3.05, 3.63) is 63.8 Å². The second-order valence-corrected chi connectivity index (χ2v) is 5.85. The summed E-state index contributed by atoms with van der Waals surface area (Å²) < 4.78 is 6.73. The Morgan fingerprint density at radius 1 is 1.22 bits per heavy atom. The number of hydrogen-bond donors (Lipinski definition) is 1. The largest absolute Gasteiger partial charge is 0.497 e. The van der Waals surface area contributed by atoms with Crippen molar-refractivity contribution < 1.29 is 4.74 Å². The summed E-state index contributed by atoms with van der Waals surface area (Å²) in [4.78, 5) is 17.2. The monoisotopic (exact) mass is 323 g/mol. The van der Waals surface area contributed by atoms with Gasteiger partial charge in [-0.2, -0.15) is 11.3 Å². The minimum absolute atomic E-state index is 0.109. The van der Waals surface area contributed by atoms with Gasteiger partial charge >= 0.3 is 0 Å². The maximum absolute atomic E-state index is 12.7. The van der Waals surface area contributed by atoms with Gasteiger partial charge in [0.25, 0.3) is 5.56 Å². The first-order valence-electron chi connectivity index (χ1n) is 7.04. The molecule has 0 saturated carbocycles. The molecule has 0 aliphatic heterocycles. The van der Waals surface area contributed by atoms with Crippen molar-refractivity contribution in [3.63, 3.8) is 0 Å². The van der Waals surface area contributed by atoms with E-state index in [1.807, 2.05) is 41.1 Å². The second-order valence-electron chi connectivity index (χ2n) is 5.07. The van der Waals surface area contributed by atoms with Gasteiger partial charge in [0, 0.05) is 18.0 Å². The Morgan fingerprint density at radius 2 is 2.13 bits per heavy atom. The van der Waals surface area contributed by atoms with E-state index in [-0.39, 0.29) is 5.56 Å². The molecule has 0 atom stereocenters. The first kappa shape index (κ1) is 13.8. The Bertz CT molecular complexity index is 1030. The standard InChI is InChI=1S/C17H13N3O2S/c1-22-13-4-2-3-11(7-13)14-9-19-20-16(14)18-8-15(17(20)21)12-5-6-23-10-12/h2-10,19H,1H3. The number of hydrogen-bond acceptors (Lipinski definition) is 4. The molecule has 0 bridgehead atoms. The molecule has 0 aliphatic rings. The smallest absolute Gasteiger partial charge is 0.280 e. The SMILES string of the molecule is COc1cccc(-c2c[nH]n3c(=O)c(-c4ccsc4)cnc23)c1. The summed E-state index contributed by atoms with van der Waals surface area (Å²) in [6.07, 6.45) is 3.42. The van der Waals surface area contributed by atoms with E-state index in [1.54, 1.807) is 30.8 Å². The molecule has 0 aliphatic carbocycles. The molecular formula is C17H13N3O2S. The van der Waals surface area contributed by atoms with Gasteiger partial charge in [-0.15, -0.1) is 0 Å². The number of rotatable bonds is 3. The van der Waals surface area contributed by atoms with Gasteiger partial charge in [-0.25, -0.2) is 9.50 Å². The van der Waals surface area contributed by atoms with Crippen molar-refractivity contribution in [2.45, 2.75) is 0 Å². The highest BCUT2D eigenvalue weighted by atomic mass is 32.1. The number of benzene rings is 1. The maximum atomic E-state index is 12.7. The minimum Gasteiger partial charge on any atom is -0.497 e. The zero-order valence-electron chi connectivity index (χ0n) is 12.3. The van der Waals surface area contributed by atoms with Crippen LogP contribution < -0.4 is 10.3 Å². The van der Waals surface area contributed by atoms with Crippen LogP contribution in [0.5, 0.6) is 5.75 Å². The predicted molar refractivity (Wildman–Crippen MR) is 91.1 cm³/mol. The number of nitrogens with zero attached hydrogens (tertiary/aromatic N) is 2. The fourth-order valence-electron chi connectivity index (χ4n) is 2.58. The zero-order valence-corrected chi connectivity index (χ0v) is 13.1. The number of ether oxygens (including phenoxy) is 1. The average Bonchev–Trinajstić information content (AvgIpc) is 3.25. The van der Waals surface area contributed by atoms with Gasteiger partial charge in [0.15, 0.2) is 5.65 Å². The molecule has 3 aromatic heterocycles. The fourth-order valence-corrected chi connectivity index (χ4v) is 3.23. The van der Waals surface area contributed by atoms with Gasteiger partial charge in [0.1, 0.15) is 5.75 Å². The Morgan fingerprint density at radius 3 is 2.91 bits per heavy atom. The predicted octanol–water partition coefficient (Wildman–Crippen LogP) is 3.43. The van der Waals surface area contributed by atoms with Crippen molar-refractivity contribution >= 4 is 17.0 Å². The highest BCUT2D eigenvalue weighted by Crippen LogP contribution is 2.27. The molecule has 4 rings (SSSR count).